The van der Waals surface area contributed by atoms with Crippen LogP contribution in [0, 0.1) is 0 Å². The maximum absolute atomic E-state index is 11.9. The topological polar surface area (TPSA) is 72.7 Å². The molecule has 0 atom stereocenters. The molecule has 6 nitrogen and oxygen atoms in total. The average Bonchev–Trinajstić information content (AvgIpc) is 2.78. The molecule has 0 fully saturated rings. The number of rotatable bonds is 4. The van der Waals surface area contributed by atoms with Gasteiger partial charge >= 0.3 is 0 Å². The zero-order valence-corrected chi connectivity index (χ0v) is 11.6. The van der Waals surface area contributed by atoms with Crippen molar-refractivity contribution in [1.29, 1.82) is 0 Å². The summed E-state index contributed by atoms with van der Waals surface area (Å²) in [5.41, 5.74) is 1.11. The molecule has 0 aromatic carbocycles. The number of carbonyl (C=O) groups is 1. The molecule has 0 saturated heterocycles. The number of nitrogens with zero attached hydrogens (tertiary/aromatic N) is 4. The van der Waals surface area contributed by atoms with Crippen LogP contribution in [0.1, 0.15) is 16.1 Å². The number of aryl methyl sites for hydroxylation is 1. The quantitative estimate of drug-likeness (QED) is 0.928. The Bertz CT molecular complexity index is 599. The standard InChI is InChI=1S/C11H11Cl2N5O/c1-18-5-3-7(17-18)2-4-14-11(19)8-6-9(12)15-16-10(8)13/h3,5-6H,2,4H2,1H3,(H,14,19). The van der Waals surface area contributed by atoms with E-state index >= 15 is 0 Å². The highest BCUT2D eigenvalue weighted by molar-refractivity contribution is 6.34. The molecule has 0 unspecified atom stereocenters. The molecular formula is C11H11Cl2N5O. The molecule has 0 aliphatic carbocycles. The second-order valence-electron chi connectivity index (χ2n) is 3.86. The van der Waals surface area contributed by atoms with Crippen molar-refractivity contribution in [3.8, 4) is 0 Å². The summed E-state index contributed by atoms with van der Waals surface area (Å²) < 4.78 is 1.71. The first kappa shape index (κ1) is 13.8. The molecule has 0 saturated carbocycles. The predicted molar refractivity (Wildman–Crippen MR) is 71.3 cm³/mol. The highest BCUT2D eigenvalue weighted by Gasteiger charge is 2.12. The smallest absolute Gasteiger partial charge is 0.254 e. The number of carbonyl (C=O) groups excluding carboxylic acids is 1. The van der Waals surface area contributed by atoms with E-state index in [0.29, 0.717) is 13.0 Å². The van der Waals surface area contributed by atoms with Gasteiger partial charge in [0.05, 0.1) is 11.3 Å². The zero-order valence-electron chi connectivity index (χ0n) is 10.1. The first-order valence-electron chi connectivity index (χ1n) is 5.51. The molecular weight excluding hydrogens is 289 g/mol. The van der Waals surface area contributed by atoms with Crippen molar-refractivity contribution in [2.24, 2.45) is 7.05 Å². The molecule has 0 aliphatic rings. The van der Waals surface area contributed by atoms with Gasteiger partial charge in [-0.2, -0.15) is 5.10 Å². The van der Waals surface area contributed by atoms with Crippen LogP contribution in [0.15, 0.2) is 18.3 Å². The van der Waals surface area contributed by atoms with E-state index in [1.807, 2.05) is 19.3 Å². The molecule has 0 aliphatic heterocycles. The summed E-state index contributed by atoms with van der Waals surface area (Å²) in [6, 6.07) is 3.27. The number of halogens is 2. The van der Waals surface area contributed by atoms with Crippen LogP contribution in [0.5, 0.6) is 0 Å². The van der Waals surface area contributed by atoms with Crippen molar-refractivity contribution in [3.63, 3.8) is 0 Å². The molecule has 2 rings (SSSR count). The van der Waals surface area contributed by atoms with Gasteiger partial charge in [-0.05, 0) is 12.1 Å². The van der Waals surface area contributed by atoms with Crippen molar-refractivity contribution < 1.29 is 4.79 Å². The minimum absolute atomic E-state index is 0.0275. The van der Waals surface area contributed by atoms with Crippen molar-refractivity contribution in [3.05, 3.63) is 39.9 Å². The molecule has 2 aromatic heterocycles. The molecule has 0 spiro atoms. The molecule has 2 heterocycles. The molecule has 100 valence electrons. The normalized spacial score (nSPS) is 10.5. The van der Waals surface area contributed by atoms with E-state index in [1.165, 1.54) is 6.07 Å². The van der Waals surface area contributed by atoms with Crippen LogP contribution >= 0.6 is 23.2 Å². The summed E-state index contributed by atoms with van der Waals surface area (Å²) in [6.45, 7) is 0.451. The van der Waals surface area contributed by atoms with Crippen LogP contribution in [0.3, 0.4) is 0 Å². The Morgan fingerprint density at radius 3 is 2.89 bits per heavy atom. The second kappa shape index (κ2) is 5.99. The minimum atomic E-state index is -0.335. The summed E-state index contributed by atoms with van der Waals surface area (Å²) in [5.74, 6) is -0.335. The molecule has 1 N–H and O–H groups in total. The van der Waals surface area contributed by atoms with E-state index < -0.39 is 0 Å². The molecule has 0 bridgehead atoms. The first-order valence-corrected chi connectivity index (χ1v) is 6.27. The second-order valence-corrected chi connectivity index (χ2v) is 4.60. The van der Waals surface area contributed by atoms with Crippen molar-refractivity contribution in [2.45, 2.75) is 6.42 Å². The SMILES string of the molecule is Cn1ccc(CCNC(=O)c2cc(Cl)nnc2Cl)n1. The van der Waals surface area contributed by atoms with Gasteiger partial charge in [-0.3, -0.25) is 9.48 Å². The van der Waals surface area contributed by atoms with Gasteiger partial charge in [0.15, 0.2) is 10.3 Å². The van der Waals surface area contributed by atoms with E-state index in [1.54, 1.807) is 4.68 Å². The first-order chi connectivity index (χ1) is 9.06. The Kier molecular flexibility index (Phi) is 4.34. The highest BCUT2D eigenvalue weighted by atomic mass is 35.5. The Morgan fingerprint density at radius 2 is 2.21 bits per heavy atom. The van der Waals surface area contributed by atoms with Gasteiger partial charge in [0.25, 0.3) is 5.91 Å². The fourth-order valence-corrected chi connectivity index (χ4v) is 1.83. The lowest BCUT2D eigenvalue weighted by Gasteiger charge is -2.05. The lowest BCUT2D eigenvalue weighted by molar-refractivity contribution is 0.0953. The van der Waals surface area contributed by atoms with Gasteiger partial charge in [-0.15, -0.1) is 10.2 Å². The van der Waals surface area contributed by atoms with Gasteiger partial charge in [0.1, 0.15) is 0 Å². The molecule has 2 aromatic rings. The van der Waals surface area contributed by atoms with E-state index in [2.05, 4.69) is 20.6 Å². The van der Waals surface area contributed by atoms with E-state index in [4.69, 9.17) is 23.2 Å². The van der Waals surface area contributed by atoms with Crippen LogP contribution < -0.4 is 5.32 Å². The van der Waals surface area contributed by atoms with Crippen molar-refractivity contribution in [2.75, 3.05) is 6.54 Å². The Balaban J connectivity index is 1.92. The fourth-order valence-electron chi connectivity index (χ4n) is 1.51. The minimum Gasteiger partial charge on any atom is -0.352 e. The number of aromatic nitrogens is 4. The van der Waals surface area contributed by atoms with Gasteiger partial charge < -0.3 is 5.32 Å². The molecule has 0 radical (unpaired) electrons. The zero-order chi connectivity index (χ0) is 13.8. The third kappa shape index (κ3) is 3.65. The van der Waals surface area contributed by atoms with Gasteiger partial charge in [0, 0.05) is 26.2 Å². The lowest BCUT2D eigenvalue weighted by atomic mass is 10.2. The third-order valence-electron chi connectivity index (χ3n) is 2.40. The molecule has 8 heteroatoms. The monoisotopic (exact) mass is 299 g/mol. The summed E-state index contributed by atoms with van der Waals surface area (Å²) in [4.78, 5) is 11.9. The largest absolute Gasteiger partial charge is 0.352 e. The van der Waals surface area contributed by atoms with Crippen LogP contribution in [0.4, 0.5) is 0 Å². The summed E-state index contributed by atoms with van der Waals surface area (Å²) in [5, 5.41) is 14.2. The maximum atomic E-state index is 11.9. The third-order valence-corrected chi connectivity index (χ3v) is 2.86. The predicted octanol–water partition coefficient (Wildman–Crippen LogP) is 1.49. The Hall–Kier alpha value is -1.66. The molecule has 1 amide bonds. The van der Waals surface area contributed by atoms with E-state index in [9.17, 15) is 4.79 Å². The van der Waals surface area contributed by atoms with Crippen molar-refractivity contribution in [1.82, 2.24) is 25.3 Å². The van der Waals surface area contributed by atoms with Crippen LogP contribution in [-0.4, -0.2) is 32.4 Å². The number of amides is 1. The summed E-state index contributed by atoms with van der Waals surface area (Å²) >= 11 is 11.5. The number of nitrogens with one attached hydrogen (secondary N) is 1. The molecule has 19 heavy (non-hydrogen) atoms. The van der Waals surface area contributed by atoms with Crippen LogP contribution in [-0.2, 0) is 13.5 Å². The fraction of sp³-hybridized carbons (Fsp3) is 0.273. The number of hydrogen-bond acceptors (Lipinski definition) is 4. The number of hydrogen-bond donors (Lipinski definition) is 1. The van der Waals surface area contributed by atoms with Crippen molar-refractivity contribution >= 4 is 29.1 Å². The van der Waals surface area contributed by atoms with E-state index in [-0.39, 0.29) is 21.8 Å². The Morgan fingerprint density at radius 1 is 1.42 bits per heavy atom. The highest BCUT2D eigenvalue weighted by Crippen LogP contribution is 2.14. The van der Waals surface area contributed by atoms with Crippen LogP contribution in [0.25, 0.3) is 0 Å². The lowest BCUT2D eigenvalue weighted by Crippen LogP contribution is -2.26. The summed E-state index contributed by atoms with van der Waals surface area (Å²) in [6.07, 6.45) is 2.48. The Labute approximate surface area is 119 Å². The van der Waals surface area contributed by atoms with Gasteiger partial charge in [-0.25, -0.2) is 0 Å². The summed E-state index contributed by atoms with van der Waals surface area (Å²) in [7, 11) is 1.84. The van der Waals surface area contributed by atoms with Gasteiger partial charge in [0.2, 0.25) is 0 Å². The van der Waals surface area contributed by atoms with E-state index in [0.717, 1.165) is 5.69 Å². The van der Waals surface area contributed by atoms with Gasteiger partial charge in [-0.1, -0.05) is 23.2 Å². The maximum Gasteiger partial charge on any atom is 0.254 e. The average molecular weight is 300 g/mol. The van der Waals surface area contributed by atoms with Crippen LogP contribution in [0.2, 0.25) is 10.3 Å².